The number of amides is 3. The van der Waals surface area contributed by atoms with E-state index in [4.69, 9.17) is 16.3 Å². The number of carbonyl (C=O) groups is 4. The molecule has 146 valence electrons. The predicted octanol–water partition coefficient (Wildman–Crippen LogP) is 1.46. The number of esters is 1. The normalized spacial score (nSPS) is 11.1. The predicted molar refractivity (Wildman–Crippen MR) is 101 cm³/mol. The number of ether oxygens (including phenoxy) is 1. The van der Waals surface area contributed by atoms with Gasteiger partial charge in [0, 0.05) is 16.1 Å². The average molecular weight is 404 g/mol. The summed E-state index contributed by atoms with van der Waals surface area (Å²) in [5.74, 6) is -2.52. The van der Waals surface area contributed by atoms with E-state index >= 15 is 0 Å². The third-order valence-corrected chi connectivity index (χ3v) is 3.76. The van der Waals surface area contributed by atoms with Crippen molar-refractivity contribution in [2.75, 3.05) is 6.61 Å². The molecule has 0 unspecified atom stereocenters. The van der Waals surface area contributed by atoms with Gasteiger partial charge in [-0.05, 0) is 43.3 Å². The second-order valence-corrected chi connectivity index (χ2v) is 6.11. The van der Waals surface area contributed by atoms with Crippen LogP contribution in [0.5, 0.6) is 0 Å². The van der Waals surface area contributed by atoms with Crippen LogP contribution in [-0.4, -0.2) is 36.3 Å². The Morgan fingerprint density at radius 1 is 0.893 bits per heavy atom. The van der Waals surface area contributed by atoms with Gasteiger partial charge in [0.05, 0.1) is 0 Å². The zero-order chi connectivity index (χ0) is 20.5. The van der Waals surface area contributed by atoms with Gasteiger partial charge in [0.15, 0.2) is 6.61 Å². The van der Waals surface area contributed by atoms with E-state index in [0.717, 1.165) is 0 Å². The SMILES string of the molecule is C[C@H](NC(=O)c1ccc(Cl)cc1)C(=O)OCC(=O)NNC(=O)c1ccccc1. The van der Waals surface area contributed by atoms with Crippen LogP contribution >= 0.6 is 11.6 Å². The fraction of sp³-hybridized carbons (Fsp3) is 0.158. The Morgan fingerprint density at radius 2 is 1.50 bits per heavy atom. The highest BCUT2D eigenvalue weighted by atomic mass is 35.5. The fourth-order valence-electron chi connectivity index (χ4n) is 2.03. The molecule has 0 aliphatic rings. The van der Waals surface area contributed by atoms with Gasteiger partial charge < -0.3 is 10.1 Å². The maximum Gasteiger partial charge on any atom is 0.328 e. The molecular weight excluding hydrogens is 386 g/mol. The van der Waals surface area contributed by atoms with Crippen molar-refractivity contribution in [1.82, 2.24) is 16.2 Å². The van der Waals surface area contributed by atoms with Gasteiger partial charge in [-0.25, -0.2) is 4.79 Å². The van der Waals surface area contributed by atoms with Crippen LogP contribution in [0.15, 0.2) is 54.6 Å². The highest BCUT2D eigenvalue weighted by Gasteiger charge is 2.19. The lowest BCUT2D eigenvalue weighted by atomic mass is 10.2. The lowest BCUT2D eigenvalue weighted by Gasteiger charge is -2.13. The van der Waals surface area contributed by atoms with Gasteiger partial charge in [-0.1, -0.05) is 29.8 Å². The van der Waals surface area contributed by atoms with E-state index < -0.39 is 36.3 Å². The Hall–Kier alpha value is -3.39. The first-order valence-corrected chi connectivity index (χ1v) is 8.62. The molecule has 3 amide bonds. The van der Waals surface area contributed by atoms with Crippen LogP contribution in [0, 0.1) is 0 Å². The van der Waals surface area contributed by atoms with Gasteiger partial charge in [-0.3, -0.25) is 25.2 Å². The molecule has 0 aliphatic carbocycles. The van der Waals surface area contributed by atoms with Crippen LogP contribution in [0.3, 0.4) is 0 Å². The van der Waals surface area contributed by atoms with Gasteiger partial charge in [0.1, 0.15) is 6.04 Å². The van der Waals surface area contributed by atoms with Crippen molar-refractivity contribution in [2.24, 2.45) is 0 Å². The highest BCUT2D eigenvalue weighted by molar-refractivity contribution is 6.30. The van der Waals surface area contributed by atoms with Crippen molar-refractivity contribution in [3.63, 3.8) is 0 Å². The molecule has 0 radical (unpaired) electrons. The smallest absolute Gasteiger partial charge is 0.328 e. The molecular formula is C19H18ClN3O5. The van der Waals surface area contributed by atoms with E-state index in [9.17, 15) is 19.2 Å². The molecule has 2 aromatic rings. The number of hydrazine groups is 1. The molecule has 0 aromatic heterocycles. The summed E-state index contributed by atoms with van der Waals surface area (Å²) in [6.45, 7) is 0.806. The molecule has 0 saturated carbocycles. The summed E-state index contributed by atoms with van der Waals surface area (Å²) in [7, 11) is 0. The van der Waals surface area contributed by atoms with E-state index in [1.165, 1.54) is 19.1 Å². The first kappa shape index (κ1) is 20.9. The maximum absolute atomic E-state index is 12.0. The van der Waals surface area contributed by atoms with Gasteiger partial charge in [-0.2, -0.15) is 0 Å². The molecule has 0 aliphatic heterocycles. The molecule has 0 spiro atoms. The summed E-state index contributed by atoms with van der Waals surface area (Å²) in [4.78, 5) is 47.4. The minimum absolute atomic E-state index is 0.324. The number of carbonyl (C=O) groups excluding carboxylic acids is 4. The molecule has 1 atom stereocenters. The standard InChI is InChI=1S/C19H18ClN3O5/c1-12(21-17(25)14-7-9-15(20)10-8-14)19(27)28-11-16(24)22-23-18(26)13-5-3-2-4-6-13/h2-10,12H,11H2,1H3,(H,21,25)(H,22,24)(H,23,26)/t12-/m0/s1. The monoisotopic (exact) mass is 403 g/mol. The van der Waals surface area contributed by atoms with Crippen LogP contribution < -0.4 is 16.2 Å². The summed E-state index contributed by atoms with van der Waals surface area (Å²) in [5.41, 5.74) is 5.02. The number of hydrogen-bond donors (Lipinski definition) is 3. The number of nitrogens with one attached hydrogen (secondary N) is 3. The molecule has 9 heteroatoms. The van der Waals surface area contributed by atoms with E-state index in [2.05, 4.69) is 16.2 Å². The molecule has 0 saturated heterocycles. The first-order chi connectivity index (χ1) is 13.4. The quantitative estimate of drug-likeness (QED) is 0.499. The van der Waals surface area contributed by atoms with Crippen molar-refractivity contribution in [1.29, 1.82) is 0 Å². The van der Waals surface area contributed by atoms with Crippen LogP contribution in [0.1, 0.15) is 27.6 Å². The molecule has 0 fully saturated rings. The summed E-state index contributed by atoms with van der Waals surface area (Å²) in [6.07, 6.45) is 0. The Bertz CT molecular complexity index is 856. The number of rotatable bonds is 6. The van der Waals surface area contributed by atoms with Crippen LogP contribution in [0.25, 0.3) is 0 Å². The molecule has 8 nitrogen and oxygen atoms in total. The van der Waals surface area contributed by atoms with Gasteiger partial charge in [-0.15, -0.1) is 0 Å². The van der Waals surface area contributed by atoms with Gasteiger partial charge in [0.25, 0.3) is 17.7 Å². The maximum atomic E-state index is 12.0. The largest absolute Gasteiger partial charge is 0.454 e. The zero-order valence-corrected chi connectivity index (χ0v) is 15.7. The van der Waals surface area contributed by atoms with Gasteiger partial charge >= 0.3 is 5.97 Å². The van der Waals surface area contributed by atoms with Crippen molar-refractivity contribution in [3.05, 3.63) is 70.7 Å². The van der Waals surface area contributed by atoms with Crippen molar-refractivity contribution >= 4 is 35.3 Å². The highest BCUT2D eigenvalue weighted by Crippen LogP contribution is 2.09. The number of benzene rings is 2. The Balaban J connectivity index is 1.73. The average Bonchev–Trinajstić information content (AvgIpc) is 2.71. The van der Waals surface area contributed by atoms with E-state index in [0.29, 0.717) is 16.1 Å². The third kappa shape index (κ3) is 6.40. The van der Waals surface area contributed by atoms with Crippen LogP contribution in [-0.2, 0) is 14.3 Å². The van der Waals surface area contributed by atoms with E-state index in [1.54, 1.807) is 42.5 Å². The second kappa shape index (κ2) is 10.1. The Labute approximate surface area is 166 Å². The van der Waals surface area contributed by atoms with Crippen molar-refractivity contribution < 1.29 is 23.9 Å². The van der Waals surface area contributed by atoms with Crippen LogP contribution in [0.4, 0.5) is 0 Å². The minimum atomic E-state index is -0.977. The van der Waals surface area contributed by atoms with Crippen molar-refractivity contribution in [3.8, 4) is 0 Å². The van der Waals surface area contributed by atoms with E-state index in [1.807, 2.05) is 0 Å². The lowest BCUT2D eigenvalue weighted by Crippen LogP contribution is -2.45. The first-order valence-electron chi connectivity index (χ1n) is 8.24. The Morgan fingerprint density at radius 3 is 2.14 bits per heavy atom. The molecule has 3 N–H and O–H groups in total. The van der Waals surface area contributed by atoms with Crippen LogP contribution in [0.2, 0.25) is 5.02 Å². The second-order valence-electron chi connectivity index (χ2n) is 5.68. The number of hydrogen-bond acceptors (Lipinski definition) is 5. The molecule has 0 heterocycles. The number of halogens is 1. The summed E-state index contributed by atoms with van der Waals surface area (Å²) in [6, 6.07) is 13.4. The third-order valence-electron chi connectivity index (χ3n) is 3.50. The Kier molecular flexibility index (Phi) is 7.53. The summed E-state index contributed by atoms with van der Waals surface area (Å²) < 4.78 is 4.82. The molecule has 28 heavy (non-hydrogen) atoms. The summed E-state index contributed by atoms with van der Waals surface area (Å²) in [5, 5.41) is 2.93. The minimum Gasteiger partial charge on any atom is -0.454 e. The lowest BCUT2D eigenvalue weighted by molar-refractivity contribution is -0.150. The fourth-order valence-corrected chi connectivity index (χ4v) is 2.15. The van der Waals surface area contributed by atoms with E-state index in [-0.39, 0.29) is 0 Å². The molecule has 2 aromatic carbocycles. The molecule has 0 bridgehead atoms. The van der Waals surface area contributed by atoms with Gasteiger partial charge in [0.2, 0.25) is 0 Å². The summed E-state index contributed by atoms with van der Waals surface area (Å²) >= 11 is 5.75. The molecule has 2 rings (SSSR count). The topological polar surface area (TPSA) is 114 Å². The van der Waals surface area contributed by atoms with Crippen molar-refractivity contribution in [2.45, 2.75) is 13.0 Å². The zero-order valence-electron chi connectivity index (χ0n) is 14.9.